The second-order valence-corrected chi connectivity index (χ2v) is 6.29. The molecule has 1 aromatic heterocycles. The standard InChI is InChI=1S/C19H24N2O/c1-13-8-9-16-14(2)18(21-17(16)12-13)19(22)20-11-10-15-6-4-3-5-7-15/h6,8-9,12,21H,3-5,7,10-11H2,1-2H3,(H,20,22). The summed E-state index contributed by atoms with van der Waals surface area (Å²) < 4.78 is 0. The summed E-state index contributed by atoms with van der Waals surface area (Å²) in [5, 5.41) is 4.18. The molecule has 1 aliphatic rings. The smallest absolute Gasteiger partial charge is 0.268 e. The third kappa shape index (κ3) is 3.08. The van der Waals surface area contributed by atoms with Crippen LogP contribution < -0.4 is 5.32 Å². The number of aromatic amines is 1. The maximum Gasteiger partial charge on any atom is 0.268 e. The Kier molecular flexibility index (Phi) is 4.32. The molecule has 0 atom stereocenters. The van der Waals surface area contributed by atoms with Gasteiger partial charge in [0.15, 0.2) is 0 Å². The Morgan fingerprint density at radius 1 is 1.27 bits per heavy atom. The molecule has 0 spiro atoms. The van der Waals surface area contributed by atoms with Crippen LogP contribution in [0.25, 0.3) is 10.9 Å². The van der Waals surface area contributed by atoms with Crippen molar-refractivity contribution in [2.24, 2.45) is 0 Å². The Morgan fingerprint density at radius 2 is 2.14 bits per heavy atom. The minimum absolute atomic E-state index is 0.00256. The number of allylic oxidation sites excluding steroid dienone is 1. The van der Waals surface area contributed by atoms with Crippen LogP contribution in [0.15, 0.2) is 29.8 Å². The molecule has 0 bridgehead atoms. The maximum absolute atomic E-state index is 12.4. The third-order valence-electron chi connectivity index (χ3n) is 4.56. The number of carbonyl (C=O) groups excluding carboxylic acids is 1. The third-order valence-corrected chi connectivity index (χ3v) is 4.56. The first kappa shape index (κ1) is 14.9. The van der Waals surface area contributed by atoms with E-state index in [0.29, 0.717) is 5.69 Å². The molecule has 3 rings (SSSR count). The van der Waals surface area contributed by atoms with E-state index in [0.717, 1.165) is 29.4 Å². The first-order valence-corrected chi connectivity index (χ1v) is 8.20. The molecule has 1 aromatic carbocycles. The molecular weight excluding hydrogens is 272 g/mol. The van der Waals surface area contributed by atoms with E-state index < -0.39 is 0 Å². The number of benzene rings is 1. The molecule has 3 nitrogen and oxygen atoms in total. The number of carbonyl (C=O) groups is 1. The Morgan fingerprint density at radius 3 is 2.91 bits per heavy atom. The Bertz CT molecular complexity index is 724. The molecule has 2 aromatic rings. The molecule has 1 heterocycles. The van der Waals surface area contributed by atoms with Gasteiger partial charge in [0, 0.05) is 17.4 Å². The quantitative estimate of drug-likeness (QED) is 0.807. The summed E-state index contributed by atoms with van der Waals surface area (Å²) in [6, 6.07) is 6.26. The summed E-state index contributed by atoms with van der Waals surface area (Å²) in [7, 11) is 0. The zero-order valence-electron chi connectivity index (χ0n) is 13.5. The van der Waals surface area contributed by atoms with Gasteiger partial charge in [-0.25, -0.2) is 0 Å². The van der Waals surface area contributed by atoms with Gasteiger partial charge in [0.25, 0.3) is 5.91 Å². The van der Waals surface area contributed by atoms with Crippen LogP contribution in [0.2, 0.25) is 0 Å². The molecule has 0 aliphatic heterocycles. The van der Waals surface area contributed by atoms with Crippen molar-refractivity contribution >= 4 is 16.8 Å². The van der Waals surface area contributed by atoms with Crippen LogP contribution in [0.3, 0.4) is 0 Å². The lowest BCUT2D eigenvalue weighted by atomic mass is 9.97. The predicted molar refractivity (Wildman–Crippen MR) is 91.3 cm³/mol. The first-order chi connectivity index (χ1) is 10.6. The lowest BCUT2D eigenvalue weighted by Crippen LogP contribution is -2.25. The SMILES string of the molecule is Cc1ccc2c(C)c(C(=O)NCCC3=CCCCC3)[nH]c2c1. The molecule has 22 heavy (non-hydrogen) atoms. The number of rotatable bonds is 4. The largest absolute Gasteiger partial charge is 0.350 e. The van der Waals surface area contributed by atoms with Gasteiger partial charge in [0.2, 0.25) is 0 Å². The number of hydrogen-bond acceptors (Lipinski definition) is 1. The van der Waals surface area contributed by atoms with E-state index in [1.165, 1.54) is 36.8 Å². The molecule has 0 unspecified atom stereocenters. The van der Waals surface area contributed by atoms with Crippen molar-refractivity contribution in [1.29, 1.82) is 0 Å². The molecule has 0 radical (unpaired) electrons. The van der Waals surface area contributed by atoms with E-state index in [4.69, 9.17) is 0 Å². The summed E-state index contributed by atoms with van der Waals surface area (Å²) in [5.41, 5.74) is 5.46. The zero-order valence-corrected chi connectivity index (χ0v) is 13.5. The molecule has 3 heteroatoms. The average Bonchev–Trinajstić information content (AvgIpc) is 2.84. The highest BCUT2D eigenvalue weighted by molar-refractivity contribution is 6.00. The molecule has 1 aliphatic carbocycles. The topological polar surface area (TPSA) is 44.9 Å². The van der Waals surface area contributed by atoms with Gasteiger partial charge < -0.3 is 10.3 Å². The van der Waals surface area contributed by atoms with E-state index in [1.807, 2.05) is 6.92 Å². The number of amides is 1. The average molecular weight is 296 g/mol. The lowest BCUT2D eigenvalue weighted by Gasteiger charge is -2.12. The van der Waals surface area contributed by atoms with Gasteiger partial charge >= 0.3 is 0 Å². The monoisotopic (exact) mass is 296 g/mol. The summed E-state index contributed by atoms with van der Waals surface area (Å²) in [4.78, 5) is 15.7. The molecule has 1 amide bonds. The van der Waals surface area contributed by atoms with Gasteiger partial charge in [-0.05, 0) is 63.1 Å². The van der Waals surface area contributed by atoms with Crippen molar-refractivity contribution in [1.82, 2.24) is 10.3 Å². The van der Waals surface area contributed by atoms with Crippen molar-refractivity contribution < 1.29 is 4.79 Å². The Labute approximate surface area is 131 Å². The van der Waals surface area contributed by atoms with Crippen LogP contribution in [-0.4, -0.2) is 17.4 Å². The Hall–Kier alpha value is -2.03. The number of H-pyrrole nitrogens is 1. The molecule has 116 valence electrons. The van der Waals surface area contributed by atoms with Crippen molar-refractivity contribution in [2.45, 2.75) is 46.0 Å². The van der Waals surface area contributed by atoms with Gasteiger partial charge in [0.05, 0.1) is 0 Å². The Balaban J connectivity index is 1.67. The molecule has 0 saturated carbocycles. The first-order valence-electron chi connectivity index (χ1n) is 8.20. The number of nitrogens with one attached hydrogen (secondary N) is 2. The van der Waals surface area contributed by atoms with Gasteiger partial charge in [-0.1, -0.05) is 23.8 Å². The fraction of sp³-hybridized carbons (Fsp3) is 0.421. The molecular formula is C19H24N2O. The van der Waals surface area contributed by atoms with Crippen LogP contribution in [-0.2, 0) is 0 Å². The minimum Gasteiger partial charge on any atom is -0.350 e. The summed E-state index contributed by atoms with van der Waals surface area (Å²) in [6.07, 6.45) is 8.31. The highest BCUT2D eigenvalue weighted by Gasteiger charge is 2.14. The van der Waals surface area contributed by atoms with Gasteiger partial charge in [0.1, 0.15) is 5.69 Å². The summed E-state index contributed by atoms with van der Waals surface area (Å²) >= 11 is 0. The van der Waals surface area contributed by atoms with E-state index in [2.05, 4.69) is 41.5 Å². The van der Waals surface area contributed by atoms with Crippen molar-refractivity contribution in [2.75, 3.05) is 6.54 Å². The van der Waals surface area contributed by atoms with Crippen LogP contribution >= 0.6 is 0 Å². The predicted octanol–water partition coefficient (Wildman–Crippen LogP) is 4.41. The number of fused-ring (bicyclic) bond motifs is 1. The van der Waals surface area contributed by atoms with Crippen molar-refractivity contribution in [3.8, 4) is 0 Å². The zero-order chi connectivity index (χ0) is 15.5. The molecule has 0 fully saturated rings. The summed E-state index contributed by atoms with van der Waals surface area (Å²) in [5.74, 6) is 0.00256. The van der Waals surface area contributed by atoms with E-state index in [-0.39, 0.29) is 5.91 Å². The van der Waals surface area contributed by atoms with Crippen molar-refractivity contribution in [3.05, 3.63) is 46.7 Å². The maximum atomic E-state index is 12.4. The highest BCUT2D eigenvalue weighted by atomic mass is 16.1. The van der Waals surface area contributed by atoms with E-state index in [9.17, 15) is 4.79 Å². The van der Waals surface area contributed by atoms with E-state index >= 15 is 0 Å². The van der Waals surface area contributed by atoms with Crippen LogP contribution in [0, 0.1) is 13.8 Å². The van der Waals surface area contributed by atoms with Crippen LogP contribution in [0.1, 0.15) is 53.7 Å². The molecule has 0 saturated heterocycles. The fourth-order valence-electron chi connectivity index (χ4n) is 3.24. The number of aryl methyl sites for hydroxylation is 2. The normalized spacial score (nSPS) is 14.9. The minimum atomic E-state index is 0.00256. The summed E-state index contributed by atoms with van der Waals surface area (Å²) in [6.45, 7) is 4.79. The second kappa shape index (κ2) is 6.39. The van der Waals surface area contributed by atoms with Crippen molar-refractivity contribution in [3.63, 3.8) is 0 Å². The van der Waals surface area contributed by atoms with Gasteiger partial charge in [-0.3, -0.25) is 4.79 Å². The highest BCUT2D eigenvalue weighted by Crippen LogP contribution is 2.23. The van der Waals surface area contributed by atoms with Gasteiger partial charge in [-0.15, -0.1) is 0 Å². The van der Waals surface area contributed by atoms with Crippen LogP contribution in [0.4, 0.5) is 0 Å². The van der Waals surface area contributed by atoms with Gasteiger partial charge in [-0.2, -0.15) is 0 Å². The van der Waals surface area contributed by atoms with E-state index in [1.54, 1.807) is 0 Å². The fourth-order valence-corrected chi connectivity index (χ4v) is 3.24. The second-order valence-electron chi connectivity index (χ2n) is 6.29. The lowest BCUT2D eigenvalue weighted by molar-refractivity contribution is 0.0949. The van der Waals surface area contributed by atoms with Crippen LogP contribution in [0.5, 0.6) is 0 Å². The molecule has 2 N–H and O–H groups in total. The number of aromatic nitrogens is 1. The number of hydrogen-bond donors (Lipinski definition) is 2.